The Morgan fingerprint density at radius 2 is 1.91 bits per heavy atom. The van der Waals surface area contributed by atoms with Crippen molar-refractivity contribution in [3.63, 3.8) is 0 Å². The molecule has 0 aromatic carbocycles. The fourth-order valence-electron chi connectivity index (χ4n) is 2.36. The van der Waals surface area contributed by atoms with Crippen LogP contribution in [0.3, 0.4) is 0 Å². The summed E-state index contributed by atoms with van der Waals surface area (Å²) in [6.45, 7) is 2.20. The molecule has 1 aromatic heterocycles. The quantitative estimate of drug-likeness (QED) is 0.167. The van der Waals surface area contributed by atoms with Crippen LogP contribution >= 0.6 is 25.3 Å². The average molecular weight is 348 g/mol. The molecule has 22 heavy (non-hydrogen) atoms. The van der Waals surface area contributed by atoms with Crippen molar-refractivity contribution in [2.24, 2.45) is 0 Å². The van der Waals surface area contributed by atoms with Gasteiger partial charge in [0.05, 0.1) is 5.92 Å². The van der Waals surface area contributed by atoms with Crippen LogP contribution in [0.25, 0.3) is 0 Å². The van der Waals surface area contributed by atoms with E-state index in [9.17, 15) is 0 Å². The lowest BCUT2D eigenvalue weighted by Gasteiger charge is -2.29. The molecule has 0 amide bonds. The third-order valence-corrected chi connectivity index (χ3v) is 4.30. The van der Waals surface area contributed by atoms with Crippen LogP contribution < -0.4 is 0 Å². The molecule has 0 spiro atoms. The van der Waals surface area contributed by atoms with Crippen LogP contribution in [-0.4, -0.2) is 14.5 Å². The number of aromatic nitrogens is 1. The molecule has 0 saturated carbocycles. The topological polar surface area (TPSA) is 60.8 Å². The molecule has 1 rings (SSSR count). The standard InChI is InChI=1S/C15H25NO4S2/c1-2-3-4-5-6-7-10-13(14-11-8-9-12-16-14)15(21,22)18-20-19-17/h8-9,11-13,17,21-22H,2-7,10H2,1H3. The summed E-state index contributed by atoms with van der Waals surface area (Å²) in [7, 11) is 0. The minimum Gasteiger partial charge on any atom is -0.261 e. The number of pyridine rings is 1. The lowest BCUT2D eigenvalue weighted by atomic mass is 9.96. The van der Waals surface area contributed by atoms with E-state index in [0.717, 1.165) is 25.0 Å². The molecule has 1 N–H and O–H groups in total. The van der Waals surface area contributed by atoms with Gasteiger partial charge in [0.1, 0.15) is 0 Å². The Balaban J connectivity index is 2.59. The third kappa shape index (κ3) is 7.30. The van der Waals surface area contributed by atoms with Gasteiger partial charge >= 0.3 is 0 Å². The molecule has 1 atom stereocenters. The van der Waals surface area contributed by atoms with E-state index in [1.807, 2.05) is 18.2 Å². The molecule has 5 nitrogen and oxygen atoms in total. The first-order valence-electron chi connectivity index (χ1n) is 7.63. The minimum absolute atomic E-state index is 0.207. The molecule has 1 aromatic rings. The molecule has 126 valence electrons. The minimum atomic E-state index is -1.26. The molecule has 0 aliphatic rings. The summed E-state index contributed by atoms with van der Waals surface area (Å²) in [6, 6.07) is 5.64. The van der Waals surface area contributed by atoms with Crippen molar-refractivity contribution in [3.05, 3.63) is 30.1 Å². The van der Waals surface area contributed by atoms with Crippen LogP contribution in [0.1, 0.15) is 63.5 Å². The van der Waals surface area contributed by atoms with Gasteiger partial charge in [-0.05, 0) is 28.6 Å². The fourth-order valence-corrected chi connectivity index (χ4v) is 2.95. The van der Waals surface area contributed by atoms with E-state index in [4.69, 9.17) is 10.1 Å². The number of hydrogen-bond donors (Lipinski definition) is 3. The number of thiol groups is 2. The zero-order chi connectivity index (χ0) is 16.3. The van der Waals surface area contributed by atoms with Gasteiger partial charge in [0, 0.05) is 11.9 Å². The summed E-state index contributed by atoms with van der Waals surface area (Å²) in [5.74, 6) is -0.207. The first-order valence-corrected chi connectivity index (χ1v) is 8.52. The predicted octanol–water partition coefficient (Wildman–Crippen LogP) is 4.78. The summed E-state index contributed by atoms with van der Waals surface area (Å²) in [5.41, 5.74) is 0.808. The molecule has 0 fully saturated rings. The Morgan fingerprint density at radius 1 is 1.18 bits per heavy atom. The second-order valence-corrected chi connectivity index (χ2v) is 6.93. The average Bonchev–Trinajstić information content (AvgIpc) is 2.53. The number of hydrogen-bond acceptors (Lipinski definition) is 7. The van der Waals surface area contributed by atoms with Crippen molar-refractivity contribution < 1.29 is 20.2 Å². The lowest BCUT2D eigenvalue weighted by molar-refractivity contribution is -0.629. The molecule has 0 bridgehead atoms. The molecule has 1 unspecified atom stereocenters. The molecule has 0 radical (unpaired) electrons. The van der Waals surface area contributed by atoms with Crippen LogP contribution in [0.5, 0.6) is 0 Å². The van der Waals surface area contributed by atoms with Crippen molar-refractivity contribution in [2.45, 2.75) is 62.1 Å². The van der Waals surface area contributed by atoms with Crippen LogP contribution in [0.2, 0.25) is 0 Å². The monoisotopic (exact) mass is 347 g/mol. The summed E-state index contributed by atoms with van der Waals surface area (Å²) in [4.78, 5) is 9.25. The van der Waals surface area contributed by atoms with E-state index in [-0.39, 0.29) is 5.92 Å². The van der Waals surface area contributed by atoms with Crippen LogP contribution in [0.15, 0.2) is 24.4 Å². The van der Waals surface area contributed by atoms with Gasteiger partial charge in [0.25, 0.3) is 0 Å². The van der Waals surface area contributed by atoms with E-state index >= 15 is 0 Å². The Kier molecular flexibility index (Phi) is 10.1. The van der Waals surface area contributed by atoms with Gasteiger partial charge in [-0.3, -0.25) is 4.98 Å². The smallest absolute Gasteiger partial charge is 0.200 e. The molecule has 0 aliphatic heterocycles. The predicted molar refractivity (Wildman–Crippen MR) is 91.6 cm³/mol. The summed E-state index contributed by atoms with van der Waals surface area (Å²) in [5, 5.41) is 15.9. The van der Waals surface area contributed by atoms with Crippen molar-refractivity contribution in [1.82, 2.24) is 4.98 Å². The summed E-state index contributed by atoms with van der Waals surface area (Å²) < 4.78 is -1.26. The molecule has 0 aliphatic carbocycles. The first-order chi connectivity index (χ1) is 10.6. The van der Waals surface area contributed by atoms with E-state index in [1.54, 1.807) is 6.20 Å². The zero-order valence-electron chi connectivity index (χ0n) is 12.9. The lowest BCUT2D eigenvalue weighted by Crippen LogP contribution is -2.28. The Bertz CT molecular complexity index is 392. The molecular weight excluding hydrogens is 322 g/mol. The van der Waals surface area contributed by atoms with Crippen LogP contribution in [0.4, 0.5) is 0 Å². The van der Waals surface area contributed by atoms with Crippen molar-refractivity contribution in [2.75, 3.05) is 0 Å². The number of unbranched alkanes of at least 4 members (excludes halogenated alkanes) is 5. The van der Waals surface area contributed by atoms with Gasteiger partial charge in [-0.25, -0.2) is 5.26 Å². The van der Waals surface area contributed by atoms with Crippen LogP contribution in [-0.2, 0) is 15.0 Å². The van der Waals surface area contributed by atoms with Gasteiger partial charge in [-0.2, -0.15) is 4.89 Å². The van der Waals surface area contributed by atoms with Gasteiger partial charge in [0.15, 0.2) is 0 Å². The maximum Gasteiger partial charge on any atom is 0.200 e. The second kappa shape index (κ2) is 11.3. The maximum absolute atomic E-state index is 8.25. The summed E-state index contributed by atoms with van der Waals surface area (Å²) in [6.07, 6.45) is 9.64. The van der Waals surface area contributed by atoms with Crippen molar-refractivity contribution in [3.8, 4) is 0 Å². The molecular formula is C15H25NO4S2. The van der Waals surface area contributed by atoms with E-state index < -0.39 is 4.27 Å². The SMILES string of the molecule is CCCCCCCCC(c1ccccn1)C(S)(S)OOOO. The Labute approximate surface area is 143 Å². The highest BCUT2D eigenvalue weighted by Gasteiger charge is 2.36. The molecule has 7 heteroatoms. The molecule has 0 saturated heterocycles. The largest absolute Gasteiger partial charge is 0.261 e. The zero-order valence-corrected chi connectivity index (χ0v) is 14.6. The maximum atomic E-state index is 8.25. The van der Waals surface area contributed by atoms with Crippen LogP contribution in [0, 0.1) is 0 Å². The third-order valence-electron chi connectivity index (χ3n) is 3.53. The van der Waals surface area contributed by atoms with E-state index in [0.29, 0.717) is 0 Å². The first kappa shape index (κ1) is 19.7. The highest BCUT2D eigenvalue weighted by Crippen LogP contribution is 2.41. The summed E-state index contributed by atoms with van der Waals surface area (Å²) >= 11 is 8.74. The normalized spacial score (nSPS) is 13.3. The fraction of sp³-hybridized carbons (Fsp3) is 0.667. The second-order valence-electron chi connectivity index (χ2n) is 5.25. The van der Waals surface area contributed by atoms with E-state index in [2.05, 4.69) is 47.2 Å². The van der Waals surface area contributed by atoms with Gasteiger partial charge in [-0.15, -0.1) is 25.3 Å². The highest BCUT2D eigenvalue weighted by atomic mass is 32.2. The van der Waals surface area contributed by atoms with Gasteiger partial charge in [-0.1, -0.05) is 51.5 Å². The number of nitrogens with zero attached hydrogens (tertiary/aromatic N) is 1. The van der Waals surface area contributed by atoms with Crippen molar-refractivity contribution in [1.29, 1.82) is 0 Å². The van der Waals surface area contributed by atoms with Crippen molar-refractivity contribution >= 4 is 25.3 Å². The van der Waals surface area contributed by atoms with Gasteiger partial charge < -0.3 is 0 Å². The number of rotatable bonds is 12. The highest BCUT2D eigenvalue weighted by molar-refractivity contribution is 8.00. The Morgan fingerprint density at radius 3 is 2.55 bits per heavy atom. The Hall–Kier alpha value is -0.310. The van der Waals surface area contributed by atoms with E-state index in [1.165, 1.54) is 25.7 Å². The molecule has 1 heterocycles. The van der Waals surface area contributed by atoms with Gasteiger partial charge in [0.2, 0.25) is 4.27 Å².